The summed E-state index contributed by atoms with van der Waals surface area (Å²) < 4.78 is 32.9. The molecular weight excluding hydrogens is 306 g/mol. The minimum absolute atomic E-state index is 0.0324. The molecule has 0 saturated carbocycles. The molecule has 1 aromatic rings. The van der Waals surface area contributed by atoms with Gasteiger partial charge in [0.2, 0.25) is 0 Å². The zero-order valence-corrected chi connectivity index (χ0v) is 14.0. The highest BCUT2D eigenvalue weighted by Crippen LogP contribution is 2.25. The number of carbonyl (C=O) groups excluding carboxylic acids is 1. The third-order valence-electron chi connectivity index (χ3n) is 3.57. The molecule has 1 heterocycles. The number of ether oxygens (including phenoxy) is 1. The van der Waals surface area contributed by atoms with Crippen LogP contribution in [0.2, 0.25) is 0 Å². The van der Waals surface area contributed by atoms with Crippen molar-refractivity contribution >= 4 is 21.8 Å². The molecule has 1 aliphatic rings. The molecule has 1 amide bonds. The molecule has 1 fully saturated rings. The number of rotatable bonds is 5. The molecule has 122 valence electrons. The van der Waals surface area contributed by atoms with Crippen molar-refractivity contribution in [1.29, 1.82) is 0 Å². The number of likely N-dealkylation sites (N-methyl/N-ethyl adjacent to an activating group) is 1. The highest BCUT2D eigenvalue weighted by atomic mass is 32.2. The predicted molar refractivity (Wildman–Crippen MR) is 84.1 cm³/mol. The Labute approximate surface area is 131 Å². The molecule has 22 heavy (non-hydrogen) atoms. The lowest BCUT2D eigenvalue weighted by molar-refractivity contribution is -0.132. The normalized spacial score (nSPS) is 18.9. The van der Waals surface area contributed by atoms with E-state index in [1.165, 1.54) is 14.1 Å². The number of benzene rings is 1. The average Bonchev–Trinajstić information content (AvgIpc) is 2.73. The standard InChI is InChI=1S/C14H21N3O4S/c1-10-9-11(21-13-7-8-17(4)14(13)18)5-6-12(10)15-22(19,20)16(2)3/h5-6,9,13,15H,7-8H2,1-4H3. The molecule has 1 unspecified atom stereocenters. The van der Waals surface area contributed by atoms with Gasteiger partial charge in [0.1, 0.15) is 5.75 Å². The molecule has 8 heteroatoms. The number of hydrogen-bond acceptors (Lipinski definition) is 4. The molecule has 0 spiro atoms. The maximum atomic E-state index is 11.8. The summed E-state index contributed by atoms with van der Waals surface area (Å²) in [5.41, 5.74) is 1.21. The summed E-state index contributed by atoms with van der Waals surface area (Å²) in [5.74, 6) is 0.522. The van der Waals surface area contributed by atoms with Crippen molar-refractivity contribution in [3.05, 3.63) is 23.8 Å². The number of hydrogen-bond donors (Lipinski definition) is 1. The third-order valence-corrected chi connectivity index (χ3v) is 5.01. The molecule has 1 N–H and O–H groups in total. The molecule has 1 atom stereocenters. The number of anilines is 1. The van der Waals surface area contributed by atoms with Gasteiger partial charge in [0.15, 0.2) is 6.10 Å². The molecule has 2 rings (SSSR count). The van der Waals surface area contributed by atoms with Crippen LogP contribution in [0.25, 0.3) is 0 Å². The van der Waals surface area contributed by atoms with Crippen molar-refractivity contribution in [3.8, 4) is 5.75 Å². The van der Waals surface area contributed by atoms with E-state index in [0.717, 1.165) is 9.87 Å². The van der Waals surface area contributed by atoms with Crippen LogP contribution >= 0.6 is 0 Å². The van der Waals surface area contributed by atoms with E-state index >= 15 is 0 Å². The molecule has 0 aromatic heterocycles. The van der Waals surface area contributed by atoms with Crippen molar-refractivity contribution in [2.75, 3.05) is 32.4 Å². The highest BCUT2D eigenvalue weighted by molar-refractivity contribution is 7.90. The van der Waals surface area contributed by atoms with E-state index in [4.69, 9.17) is 4.74 Å². The molecule has 1 aromatic carbocycles. The summed E-state index contributed by atoms with van der Waals surface area (Å²) in [5, 5.41) is 0. The molecular formula is C14H21N3O4S. The van der Waals surface area contributed by atoms with Gasteiger partial charge < -0.3 is 9.64 Å². The van der Waals surface area contributed by atoms with Gasteiger partial charge in [-0.2, -0.15) is 12.7 Å². The lowest BCUT2D eigenvalue weighted by Crippen LogP contribution is -2.30. The first-order chi connectivity index (χ1) is 10.2. The van der Waals surface area contributed by atoms with Gasteiger partial charge in [-0.3, -0.25) is 9.52 Å². The first-order valence-corrected chi connectivity index (χ1v) is 8.37. The number of carbonyl (C=O) groups is 1. The van der Waals surface area contributed by atoms with E-state index in [9.17, 15) is 13.2 Å². The summed E-state index contributed by atoms with van der Waals surface area (Å²) >= 11 is 0. The first-order valence-electron chi connectivity index (χ1n) is 6.93. The second kappa shape index (κ2) is 6.13. The predicted octanol–water partition coefficient (Wildman–Crippen LogP) is 0.823. The van der Waals surface area contributed by atoms with Crippen LogP contribution < -0.4 is 9.46 Å². The van der Waals surface area contributed by atoms with E-state index in [1.807, 2.05) is 0 Å². The Morgan fingerprint density at radius 3 is 2.55 bits per heavy atom. The van der Waals surface area contributed by atoms with Gasteiger partial charge >= 0.3 is 10.2 Å². The molecule has 0 aliphatic carbocycles. The number of aryl methyl sites for hydroxylation is 1. The summed E-state index contributed by atoms with van der Waals surface area (Å²) in [6, 6.07) is 5.01. The zero-order valence-electron chi connectivity index (χ0n) is 13.2. The fraction of sp³-hybridized carbons (Fsp3) is 0.500. The van der Waals surface area contributed by atoms with Crippen LogP contribution in [0.4, 0.5) is 5.69 Å². The van der Waals surface area contributed by atoms with Crippen molar-refractivity contribution in [1.82, 2.24) is 9.21 Å². The Balaban J connectivity index is 2.12. The summed E-state index contributed by atoms with van der Waals surface area (Å²) in [7, 11) is 1.11. The maximum absolute atomic E-state index is 11.8. The van der Waals surface area contributed by atoms with Crippen molar-refractivity contribution in [2.45, 2.75) is 19.4 Å². The van der Waals surface area contributed by atoms with Gasteiger partial charge in [0.25, 0.3) is 5.91 Å². The number of nitrogens with one attached hydrogen (secondary N) is 1. The van der Waals surface area contributed by atoms with Crippen LogP contribution in [0.3, 0.4) is 0 Å². The minimum atomic E-state index is -3.54. The van der Waals surface area contributed by atoms with Crippen molar-refractivity contribution in [3.63, 3.8) is 0 Å². The summed E-state index contributed by atoms with van der Waals surface area (Å²) in [6.07, 6.45) is 0.192. The Bertz CT molecular complexity index is 673. The zero-order chi connectivity index (χ0) is 16.5. The van der Waals surface area contributed by atoms with Gasteiger partial charge in [-0.1, -0.05) is 0 Å². The summed E-state index contributed by atoms with van der Waals surface area (Å²) in [6.45, 7) is 2.46. The average molecular weight is 327 g/mol. The second-order valence-corrected chi connectivity index (χ2v) is 7.41. The SMILES string of the molecule is Cc1cc(OC2CCN(C)C2=O)ccc1NS(=O)(=O)N(C)C. The molecule has 1 aliphatic heterocycles. The van der Waals surface area contributed by atoms with E-state index in [1.54, 1.807) is 37.1 Å². The van der Waals surface area contributed by atoms with Crippen LogP contribution in [-0.4, -0.2) is 57.3 Å². The van der Waals surface area contributed by atoms with Crippen LogP contribution in [-0.2, 0) is 15.0 Å². The van der Waals surface area contributed by atoms with Crippen molar-refractivity contribution < 1.29 is 17.9 Å². The Morgan fingerprint density at radius 2 is 2.05 bits per heavy atom. The lowest BCUT2D eigenvalue weighted by Gasteiger charge is -2.17. The van der Waals surface area contributed by atoms with Crippen LogP contribution in [0, 0.1) is 6.92 Å². The van der Waals surface area contributed by atoms with Gasteiger partial charge in [-0.05, 0) is 30.7 Å². The number of likely N-dealkylation sites (tertiary alicyclic amines) is 1. The number of amides is 1. The largest absolute Gasteiger partial charge is 0.481 e. The van der Waals surface area contributed by atoms with Gasteiger partial charge in [-0.15, -0.1) is 0 Å². The third kappa shape index (κ3) is 3.50. The van der Waals surface area contributed by atoms with Gasteiger partial charge in [-0.25, -0.2) is 0 Å². The molecule has 1 saturated heterocycles. The quantitative estimate of drug-likeness (QED) is 0.868. The first kappa shape index (κ1) is 16.6. The fourth-order valence-electron chi connectivity index (χ4n) is 2.12. The topological polar surface area (TPSA) is 79.0 Å². The van der Waals surface area contributed by atoms with Crippen molar-refractivity contribution in [2.24, 2.45) is 0 Å². The highest BCUT2D eigenvalue weighted by Gasteiger charge is 2.30. The Morgan fingerprint density at radius 1 is 1.36 bits per heavy atom. The van der Waals surface area contributed by atoms with Gasteiger partial charge in [0, 0.05) is 34.1 Å². The van der Waals surface area contributed by atoms with Crippen LogP contribution in [0.1, 0.15) is 12.0 Å². The maximum Gasteiger partial charge on any atom is 0.301 e. The van der Waals surface area contributed by atoms with Crippen LogP contribution in [0.15, 0.2) is 18.2 Å². The lowest BCUT2D eigenvalue weighted by atomic mass is 10.2. The number of nitrogens with zero attached hydrogens (tertiary/aromatic N) is 2. The van der Waals surface area contributed by atoms with E-state index < -0.39 is 16.3 Å². The van der Waals surface area contributed by atoms with Crippen LogP contribution in [0.5, 0.6) is 5.75 Å². The summed E-state index contributed by atoms with van der Waals surface area (Å²) in [4.78, 5) is 13.5. The minimum Gasteiger partial charge on any atom is -0.481 e. The Kier molecular flexibility index (Phi) is 4.62. The molecule has 0 bridgehead atoms. The van der Waals surface area contributed by atoms with E-state index in [-0.39, 0.29) is 5.91 Å². The molecule has 0 radical (unpaired) electrons. The van der Waals surface area contributed by atoms with Gasteiger partial charge in [0.05, 0.1) is 5.69 Å². The monoisotopic (exact) mass is 327 g/mol. The Hall–Kier alpha value is -1.80. The van der Waals surface area contributed by atoms with E-state index in [2.05, 4.69) is 4.72 Å². The molecule has 7 nitrogen and oxygen atoms in total. The second-order valence-electron chi connectivity index (χ2n) is 5.52. The fourth-order valence-corrected chi connectivity index (χ4v) is 2.81. The van der Waals surface area contributed by atoms with E-state index in [0.29, 0.717) is 24.4 Å². The smallest absolute Gasteiger partial charge is 0.301 e.